The number of benzene rings is 3. The van der Waals surface area contributed by atoms with Gasteiger partial charge in [-0.3, -0.25) is 9.59 Å². The van der Waals surface area contributed by atoms with Crippen molar-refractivity contribution in [2.75, 3.05) is 13.2 Å². The SMILES string of the molecule is CCCNC(=O)C(Cc1ccccc1)N(Cc1ccc(Cl)cc1)C(=O)COc1ccc(Cl)cc1. The van der Waals surface area contributed by atoms with Crippen molar-refractivity contribution in [3.63, 3.8) is 0 Å². The van der Waals surface area contributed by atoms with E-state index in [-0.39, 0.29) is 25.0 Å². The fourth-order valence-electron chi connectivity index (χ4n) is 3.47. The van der Waals surface area contributed by atoms with E-state index in [9.17, 15) is 9.59 Å². The van der Waals surface area contributed by atoms with Gasteiger partial charge in [0.05, 0.1) is 0 Å². The zero-order valence-corrected chi connectivity index (χ0v) is 20.6. The van der Waals surface area contributed by atoms with Crippen LogP contribution in [0.4, 0.5) is 0 Å². The highest BCUT2D eigenvalue weighted by molar-refractivity contribution is 6.30. The van der Waals surface area contributed by atoms with Crippen LogP contribution >= 0.6 is 23.2 Å². The zero-order valence-electron chi connectivity index (χ0n) is 19.0. The van der Waals surface area contributed by atoms with Crippen molar-refractivity contribution in [1.29, 1.82) is 0 Å². The monoisotopic (exact) mass is 498 g/mol. The largest absolute Gasteiger partial charge is 0.484 e. The second kappa shape index (κ2) is 13.0. The number of amides is 2. The molecule has 0 aliphatic rings. The number of hydrogen-bond acceptors (Lipinski definition) is 3. The third kappa shape index (κ3) is 7.79. The molecule has 3 rings (SSSR count). The Morgan fingerprint density at radius 3 is 2.12 bits per heavy atom. The van der Waals surface area contributed by atoms with Gasteiger partial charge in [0.2, 0.25) is 5.91 Å². The number of halogens is 2. The molecule has 0 bridgehead atoms. The van der Waals surface area contributed by atoms with Crippen LogP contribution in [-0.4, -0.2) is 35.9 Å². The van der Waals surface area contributed by atoms with Gasteiger partial charge in [-0.15, -0.1) is 0 Å². The minimum atomic E-state index is -0.703. The number of carbonyl (C=O) groups is 2. The summed E-state index contributed by atoms with van der Waals surface area (Å²) in [5.74, 6) is 0.0382. The van der Waals surface area contributed by atoms with Gasteiger partial charge in [-0.25, -0.2) is 0 Å². The molecule has 3 aromatic rings. The summed E-state index contributed by atoms with van der Waals surface area (Å²) in [6.07, 6.45) is 1.19. The number of hydrogen-bond donors (Lipinski definition) is 1. The van der Waals surface area contributed by atoms with E-state index >= 15 is 0 Å². The smallest absolute Gasteiger partial charge is 0.261 e. The summed E-state index contributed by atoms with van der Waals surface area (Å²) < 4.78 is 5.72. The predicted octanol–water partition coefficient (Wildman–Crippen LogP) is 5.54. The highest BCUT2D eigenvalue weighted by Crippen LogP contribution is 2.19. The van der Waals surface area contributed by atoms with E-state index in [0.29, 0.717) is 28.8 Å². The Kier molecular flexibility index (Phi) is 9.80. The molecule has 7 heteroatoms. The molecule has 3 aromatic carbocycles. The van der Waals surface area contributed by atoms with Gasteiger partial charge in [0.1, 0.15) is 11.8 Å². The quantitative estimate of drug-likeness (QED) is 0.377. The Balaban J connectivity index is 1.87. The summed E-state index contributed by atoms with van der Waals surface area (Å²) in [5, 5.41) is 4.14. The Morgan fingerprint density at radius 2 is 1.50 bits per heavy atom. The fraction of sp³-hybridized carbons (Fsp3) is 0.259. The van der Waals surface area contributed by atoms with Gasteiger partial charge in [-0.05, 0) is 53.9 Å². The Morgan fingerprint density at radius 1 is 0.882 bits per heavy atom. The van der Waals surface area contributed by atoms with E-state index in [1.807, 2.05) is 49.4 Å². The van der Waals surface area contributed by atoms with Crippen LogP contribution in [0, 0.1) is 0 Å². The topological polar surface area (TPSA) is 58.6 Å². The lowest BCUT2D eigenvalue weighted by Gasteiger charge is -2.31. The number of nitrogens with zero attached hydrogens (tertiary/aromatic N) is 1. The standard InChI is InChI=1S/C27H28Cl2N2O3/c1-2-16-30-27(33)25(17-20-6-4-3-5-7-20)31(18-21-8-10-22(28)11-9-21)26(32)19-34-24-14-12-23(29)13-15-24/h3-15,25H,2,16-19H2,1H3,(H,30,33). The molecule has 2 amide bonds. The first kappa shape index (κ1) is 25.6. The van der Waals surface area contributed by atoms with Crippen molar-refractivity contribution in [2.24, 2.45) is 0 Å². The van der Waals surface area contributed by atoms with E-state index in [1.165, 1.54) is 0 Å². The van der Waals surface area contributed by atoms with Gasteiger partial charge < -0.3 is 15.0 Å². The molecule has 1 N–H and O–H groups in total. The van der Waals surface area contributed by atoms with E-state index in [1.54, 1.807) is 41.3 Å². The van der Waals surface area contributed by atoms with Crippen molar-refractivity contribution in [3.8, 4) is 5.75 Å². The van der Waals surface area contributed by atoms with Gasteiger partial charge >= 0.3 is 0 Å². The predicted molar refractivity (Wildman–Crippen MR) is 136 cm³/mol. The lowest BCUT2D eigenvalue weighted by Crippen LogP contribution is -2.51. The molecule has 0 spiro atoms. The Hall–Kier alpha value is -3.02. The van der Waals surface area contributed by atoms with Gasteiger partial charge in [0.15, 0.2) is 6.61 Å². The van der Waals surface area contributed by atoms with E-state index in [2.05, 4.69) is 5.32 Å². The molecular weight excluding hydrogens is 471 g/mol. The number of ether oxygens (including phenoxy) is 1. The lowest BCUT2D eigenvalue weighted by molar-refractivity contribution is -0.142. The lowest BCUT2D eigenvalue weighted by atomic mass is 10.0. The molecule has 5 nitrogen and oxygen atoms in total. The molecule has 0 aliphatic heterocycles. The molecule has 0 fully saturated rings. The second-order valence-corrected chi connectivity index (χ2v) is 8.76. The summed E-state index contributed by atoms with van der Waals surface area (Å²) in [5.41, 5.74) is 1.83. The first-order valence-corrected chi connectivity index (χ1v) is 12.0. The molecule has 0 heterocycles. The molecule has 0 aromatic heterocycles. The Labute approximate surface area is 210 Å². The van der Waals surface area contributed by atoms with Crippen molar-refractivity contribution >= 4 is 35.0 Å². The highest BCUT2D eigenvalue weighted by Gasteiger charge is 2.30. The van der Waals surface area contributed by atoms with Gasteiger partial charge in [0, 0.05) is 29.6 Å². The summed E-state index contributed by atoms with van der Waals surface area (Å²) in [4.78, 5) is 28.2. The molecule has 0 radical (unpaired) electrons. The maximum absolute atomic E-state index is 13.4. The summed E-state index contributed by atoms with van der Waals surface area (Å²) in [6, 6.07) is 23.0. The highest BCUT2D eigenvalue weighted by atomic mass is 35.5. The van der Waals surface area contributed by atoms with Crippen LogP contribution in [-0.2, 0) is 22.6 Å². The number of carbonyl (C=O) groups excluding carboxylic acids is 2. The van der Waals surface area contributed by atoms with E-state index in [4.69, 9.17) is 27.9 Å². The van der Waals surface area contributed by atoms with Crippen LogP contribution in [0.15, 0.2) is 78.9 Å². The van der Waals surface area contributed by atoms with Crippen LogP contribution < -0.4 is 10.1 Å². The molecule has 1 atom stereocenters. The third-order valence-electron chi connectivity index (χ3n) is 5.26. The maximum atomic E-state index is 13.4. The van der Waals surface area contributed by atoms with Crippen LogP contribution in [0.2, 0.25) is 10.0 Å². The van der Waals surface area contributed by atoms with Crippen LogP contribution in [0.3, 0.4) is 0 Å². The minimum Gasteiger partial charge on any atom is -0.484 e. The van der Waals surface area contributed by atoms with Crippen molar-refractivity contribution in [1.82, 2.24) is 10.2 Å². The summed E-state index contributed by atoms with van der Waals surface area (Å²) in [6.45, 7) is 2.57. The van der Waals surface area contributed by atoms with Crippen molar-refractivity contribution in [2.45, 2.75) is 32.4 Å². The number of rotatable bonds is 11. The molecule has 178 valence electrons. The summed E-state index contributed by atoms with van der Waals surface area (Å²) in [7, 11) is 0. The normalized spacial score (nSPS) is 11.5. The number of nitrogens with one attached hydrogen (secondary N) is 1. The first-order chi connectivity index (χ1) is 16.5. The van der Waals surface area contributed by atoms with Gasteiger partial charge in [-0.2, -0.15) is 0 Å². The molecule has 34 heavy (non-hydrogen) atoms. The third-order valence-corrected chi connectivity index (χ3v) is 5.77. The minimum absolute atomic E-state index is 0.195. The van der Waals surface area contributed by atoms with Gasteiger partial charge in [0.25, 0.3) is 5.91 Å². The molecule has 1 unspecified atom stereocenters. The van der Waals surface area contributed by atoms with Crippen LogP contribution in [0.5, 0.6) is 5.75 Å². The van der Waals surface area contributed by atoms with Crippen LogP contribution in [0.1, 0.15) is 24.5 Å². The van der Waals surface area contributed by atoms with E-state index in [0.717, 1.165) is 17.5 Å². The van der Waals surface area contributed by atoms with Crippen molar-refractivity contribution < 1.29 is 14.3 Å². The zero-order chi connectivity index (χ0) is 24.3. The van der Waals surface area contributed by atoms with Gasteiger partial charge in [-0.1, -0.05) is 72.6 Å². The van der Waals surface area contributed by atoms with Crippen molar-refractivity contribution in [3.05, 3.63) is 100 Å². The molecule has 0 saturated heterocycles. The van der Waals surface area contributed by atoms with E-state index < -0.39 is 6.04 Å². The average molecular weight is 499 g/mol. The molecule has 0 aliphatic carbocycles. The fourth-order valence-corrected chi connectivity index (χ4v) is 3.72. The van der Waals surface area contributed by atoms with Crippen LogP contribution in [0.25, 0.3) is 0 Å². The maximum Gasteiger partial charge on any atom is 0.261 e. The average Bonchev–Trinajstić information content (AvgIpc) is 2.86. The summed E-state index contributed by atoms with van der Waals surface area (Å²) >= 11 is 12.0. The molecular formula is C27H28Cl2N2O3. The second-order valence-electron chi connectivity index (χ2n) is 7.89. The first-order valence-electron chi connectivity index (χ1n) is 11.2. The molecule has 0 saturated carbocycles. The Bertz CT molecular complexity index is 1060.